The molecule has 25 heavy (non-hydrogen) atoms. The summed E-state index contributed by atoms with van der Waals surface area (Å²) in [5.41, 5.74) is 2.67. The van der Waals surface area contributed by atoms with E-state index in [4.69, 9.17) is 5.26 Å². The fourth-order valence-corrected chi connectivity index (χ4v) is 3.98. The van der Waals surface area contributed by atoms with Crippen molar-refractivity contribution in [2.24, 2.45) is 0 Å². The summed E-state index contributed by atoms with van der Waals surface area (Å²) in [6, 6.07) is 2.37. The van der Waals surface area contributed by atoms with Crippen molar-refractivity contribution in [1.82, 2.24) is 20.4 Å². The molecular weight excluding hydrogens is 318 g/mol. The highest BCUT2D eigenvalue weighted by atomic mass is 16.2. The largest absolute Gasteiger partial charge is 0.336 e. The maximum Gasteiger partial charge on any atom is 0.318 e. The molecule has 0 aromatic rings. The first kappa shape index (κ1) is 17.7. The summed E-state index contributed by atoms with van der Waals surface area (Å²) in [6.45, 7) is 6.30. The Bertz CT molecular complexity index is 603. The first-order chi connectivity index (χ1) is 12.0. The highest BCUT2D eigenvalue weighted by Crippen LogP contribution is 2.32. The third-order valence-corrected chi connectivity index (χ3v) is 5.21. The molecule has 2 aliphatic heterocycles. The average Bonchev–Trinajstić information content (AvgIpc) is 3.25. The molecule has 1 aliphatic carbocycles. The molecule has 0 unspecified atom stereocenters. The quantitative estimate of drug-likeness (QED) is 0.744. The number of carbonyl (C=O) groups is 2. The molecule has 3 rings (SSSR count). The fourth-order valence-electron chi connectivity index (χ4n) is 3.98. The van der Waals surface area contributed by atoms with Gasteiger partial charge >= 0.3 is 6.03 Å². The molecule has 7 nitrogen and oxygen atoms in total. The van der Waals surface area contributed by atoms with Crippen molar-refractivity contribution in [3.05, 3.63) is 11.1 Å². The molecule has 2 N–H and O–H groups in total. The lowest BCUT2D eigenvalue weighted by atomic mass is 10.1. The SMILES string of the molecule is CC(C)NC(=O)N1CC2=C(CC(NCC(=O)N3CCC[C@H]3C#N)C2)C1. The van der Waals surface area contributed by atoms with Gasteiger partial charge in [0.2, 0.25) is 5.91 Å². The minimum atomic E-state index is -0.256. The van der Waals surface area contributed by atoms with Crippen molar-refractivity contribution in [1.29, 1.82) is 5.26 Å². The average molecular weight is 345 g/mol. The summed E-state index contributed by atoms with van der Waals surface area (Å²) in [7, 11) is 0. The topological polar surface area (TPSA) is 88.5 Å². The van der Waals surface area contributed by atoms with Crippen LogP contribution in [0.15, 0.2) is 11.1 Å². The molecule has 0 radical (unpaired) electrons. The van der Waals surface area contributed by atoms with E-state index in [9.17, 15) is 9.59 Å². The Morgan fingerprint density at radius 1 is 1.28 bits per heavy atom. The third-order valence-electron chi connectivity index (χ3n) is 5.21. The van der Waals surface area contributed by atoms with E-state index in [1.54, 1.807) is 4.90 Å². The number of rotatable bonds is 4. The zero-order chi connectivity index (χ0) is 18.0. The summed E-state index contributed by atoms with van der Waals surface area (Å²) >= 11 is 0. The van der Waals surface area contributed by atoms with E-state index in [1.165, 1.54) is 11.1 Å². The summed E-state index contributed by atoms with van der Waals surface area (Å²) in [4.78, 5) is 27.9. The van der Waals surface area contributed by atoms with Crippen molar-refractivity contribution in [2.75, 3.05) is 26.2 Å². The Kier molecular flexibility index (Phi) is 5.28. The van der Waals surface area contributed by atoms with Crippen LogP contribution in [0.2, 0.25) is 0 Å². The van der Waals surface area contributed by atoms with Gasteiger partial charge in [0.05, 0.1) is 12.6 Å². The molecule has 136 valence electrons. The minimum Gasteiger partial charge on any atom is -0.336 e. The number of carbonyl (C=O) groups excluding carboxylic acids is 2. The second-order valence-electron chi connectivity index (χ2n) is 7.53. The minimum absolute atomic E-state index is 0.000616. The summed E-state index contributed by atoms with van der Waals surface area (Å²) in [5.74, 6) is 0.0223. The molecule has 7 heteroatoms. The standard InChI is InChI=1S/C18H27N5O2/c1-12(2)21-18(25)22-10-13-6-15(7-14(13)11-22)20-9-17(24)23-5-3-4-16(23)8-19/h12,15-16,20H,3-7,9-11H2,1-2H3,(H,21,25)/t16-/m0/s1. The second kappa shape index (κ2) is 7.44. The van der Waals surface area contributed by atoms with E-state index in [1.807, 2.05) is 18.7 Å². The molecule has 0 saturated carbocycles. The van der Waals surface area contributed by atoms with Crippen LogP contribution in [-0.2, 0) is 4.79 Å². The van der Waals surface area contributed by atoms with E-state index in [0.29, 0.717) is 26.2 Å². The number of nitriles is 1. The Labute approximate surface area is 149 Å². The van der Waals surface area contributed by atoms with Crippen LogP contribution < -0.4 is 10.6 Å². The van der Waals surface area contributed by atoms with E-state index in [2.05, 4.69) is 16.7 Å². The van der Waals surface area contributed by atoms with Crippen LogP contribution in [-0.4, -0.2) is 66.0 Å². The third kappa shape index (κ3) is 3.96. The van der Waals surface area contributed by atoms with E-state index >= 15 is 0 Å². The lowest BCUT2D eigenvalue weighted by Gasteiger charge is -2.24. The van der Waals surface area contributed by atoms with Gasteiger partial charge in [-0.2, -0.15) is 5.26 Å². The van der Waals surface area contributed by atoms with Crippen molar-refractivity contribution >= 4 is 11.9 Å². The van der Waals surface area contributed by atoms with Crippen LogP contribution in [0.1, 0.15) is 39.5 Å². The van der Waals surface area contributed by atoms with E-state index < -0.39 is 0 Å². The predicted octanol–water partition coefficient (Wildman–Crippen LogP) is 0.983. The van der Waals surface area contributed by atoms with E-state index in [0.717, 1.165) is 25.7 Å². The first-order valence-electron chi connectivity index (χ1n) is 9.15. The number of hydrogen-bond acceptors (Lipinski definition) is 4. The fraction of sp³-hybridized carbons (Fsp3) is 0.722. The zero-order valence-electron chi connectivity index (χ0n) is 15.0. The molecule has 3 amide bonds. The molecule has 1 saturated heterocycles. The van der Waals surface area contributed by atoms with Crippen LogP contribution in [0.4, 0.5) is 4.79 Å². The van der Waals surface area contributed by atoms with Crippen LogP contribution in [0.5, 0.6) is 0 Å². The molecule has 1 fully saturated rings. The molecule has 0 spiro atoms. The molecule has 0 aromatic heterocycles. The summed E-state index contributed by atoms with van der Waals surface area (Å²) < 4.78 is 0. The number of likely N-dealkylation sites (tertiary alicyclic amines) is 2. The lowest BCUT2D eigenvalue weighted by molar-refractivity contribution is -0.130. The smallest absolute Gasteiger partial charge is 0.318 e. The first-order valence-corrected chi connectivity index (χ1v) is 9.15. The number of nitrogens with one attached hydrogen (secondary N) is 2. The van der Waals surface area contributed by atoms with Gasteiger partial charge in [-0.3, -0.25) is 4.79 Å². The lowest BCUT2D eigenvalue weighted by Crippen LogP contribution is -2.44. The van der Waals surface area contributed by atoms with Crippen molar-refractivity contribution < 1.29 is 9.59 Å². The molecule has 0 bridgehead atoms. The maximum absolute atomic E-state index is 12.3. The van der Waals surface area contributed by atoms with Gasteiger partial charge in [-0.1, -0.05) is 0 Å². The van der Waals surface area contributed by atoms with Crippen LogP contribution in [0.25, 0.3) is 0 Å². The summed E-state index contributed by atoms with van der Waals surface area (Å²) in [5, 5.41) is 15.4. The molecule has 1 atom stereocenters. The van der Waals surface area contributed by atoms with E-state index in [-0.39, 0.29) is 30.1 Å². The van der Waals surface area contributed by atoms with Crippen molar-refractivity contribution in [3.63, 3.8) is 0 Å². The summed E-state index contributed by atoms with van der Waals surface area (Å²) in [6.07, 6.45) is 3.50. The molecular formula is C18H27N5O2. The van der Waals surface area contributed by atoms with Gasteiger partial charge in [0.15, 0.2) is 0 Å². The Hall–Kier alpha value is -2.07. The van der Waals surface area contributed by atoms with Crippen molar-refractivity contribution in [2.45, 2.75) is 57.7 Å². The van der Waals surface area contributed by atoms with Crippen LogP contribution in [0, 0.1) is 11.3 Å². The highest BCUT2D eigenvalue weighted by Gasteiger charge is 2.34. The Morgan fingerprint density at radius 2 is 1.96 bits per heavy atom. The van der Waals surface area contributed by atoms with Gasteiger partial charge in [0, 0.05) is 31.7 Å². The van der Waals surface area contributed by atoms with Crippen molar-refractivity contribution in [3.8, 4) is 6.07 Å². The monoisotopic (exact) mass is 345 g/mol. The van der Waals surface area contributed by atoms with Crippen LogP contribution in [0.3, 0.4) is 0 Å². The van der Waals surface area contributed by atoms with Gasteiger partial charge < -0.3 is 20.4 Å². The van der Waals surface area contributed by atoms with Gasteiger partial charge in [0.1, 0.15) is 6.04 Å². The normalized spacial score (nSPS) is 23.4. The number of amides is 3. The van der Waals surface area contributed by atoms with Gasteiger partial charge in [0.25, 0.3) is 0 Å². The maximum atomic E-state index is 12.3. The van der Waals surface area contributed by atoms with Gasteiger partial charge in [-0.05, 0) is 50.7 Å². The Balaban J connectivity index is 1.42. The molecule has 0 aromatic carbocycles. The number of hydrogen-bond donors (Lipinski definition) is 2. The van der Waals surface area contributed by atoms with Crippen LogP contribution >= 0.6 is 0 Å². The predicted molar refractivity (Wildman–Crippen MR) is 93.6 cm³/mol. The highest BCUT2D eigenvalue weighted by molar-refractivity contribution is 5.79. The molecule has 2 heterocycles. The second-order valence-corrected chi connectivity index (χ2v) is 7.53. The Morgan fingerprint density at radius 3 is 2.56 bits per heavy atom. The number of urea groups is 1. The molecule has 3 aliphatic rings. The zero-order valence-corrected chi connectivity index (χ0v) is 15.0. The number of nitrogens with zero attached hydrogens (tertiary/aromatic N) is 3. The van der Waals surface area contributed by atoms with Gasteiger partial charge in [-0.25, -0.2) is 4.79 Å². The van der Waals surface area contributed by atoms with Gasteiger partial charge in [-0.15, -0.1) is 0 Å².